The van der Waals surface area contributed by atoms with Crippen LogP contribution in [-0.4, -0.2) is 69.5 Å². The molecule has 2 aliphatic rings. The Hall–Kier alpha value is -0.970. The second-order valence-electron chi connectivity index (χ2n) is 8.88. The summed E-state index contributed by atoms with van der Waals surface area (Å²) in [7, 11) is -1.70. The maximum atomic E-state index is 12.2. The summed E-state index contributed by atoms with van der Waals surface area (Å²) in [6.07, 6.45) is 9.07. The first-order valence-corrected chi connectivity index (χ1v) is 15.9. The van der Waals surface area contributed by atoms with Gasteiger partial charge in [-0.1, -0.05) is 29.7 Å². The predicted octanol–water partition coefficient (Wildman–Crippen LogP) is 4.81. The van der Waals surface area contributed by atoms with Gasteiger partial charge in [0.25, 0.3) is 0 Å². The summed E-state index contributed by atoms with van der Waals surface area (Å²) in [6, 6.07) is 0.407. The Bertz CT molecular complexity index is 852. The highest BCUT2D eigenvalue weighted by Gasteiger charge is 2.42. The molecular formula is C23H41N3O8P2S. The molecule has 0 aromatic heterocycles. The highest BCUT2D eigenvalue weighted by atomic mass is 32.2. The molecule has 0 aliphatic carbocycles. The van der Waals surface area contributed by atoms with Crippen LogP contribution in [0.5, 0.6) is 0 Å². The molecule has 212 valence electrons. The second-order valence-corrected chi connectivity index (χ2v) is 13.5. The van der Waals surface area contributed by atoms with Crippen LogP contribution >= 0.6 is 28.2 Å². The lowest BCUT2D eigenvalue weighted by molar-refractivity contribution is -0.121. The first-order valence-electron chi connectivity index (χ1n) is 12.3. The lowest BCUT2D eigenvalue weighted by Gasteiger charge is -2.18. The van der Waals surface area contributed by atoms with Gasteiger partial charge in [-0.25, -0.2) is 13.7 Å². The monoisotopic (exact) mass is 581 g/mol. The summed E-state index contributed by atoms with van der Waals surface area (Å²) in [6.45, 7) is 4.79. The number of hydrogen-bond donors (Lipinski definition) is 3. The average molecular weight is 582 g/mol. The molecule has 0 saturated carbocycles. The quantitative estimate of drug-likeness (QED) is 0.0903. The van der Waals surface area contributed by atoms with Crippen LogP contribution in [0.4, 0.5) is 4.79 Å². The number of rotatable bonds is 18. The number of phosphoric acid groups is 1. The van der Waals surface area contributed by atoms with Crippen LogP contribution in [0.1, 0.15) is 52.4 Å². The minimum atomic E-state index is -3.67. The van der Waals surface area contributed by atoms with Gasteiger partial charge in [0.1, 0.15) is 0 Å². The van der Waals surface area contributed by atoms with E-state index in [4.69, 9.17) is 22.4 Å². The van der Waals surface area contributed by atoms with Crippen LogP contribution in [0.3, 0.4) is 0 Å². The van der Waals surface area contributed by atoms with Gasteiger partial charge in [-0.05, 0) is 39.5 Å². The summed E-state index contributed by atoms with van der Waals surface area (Å²) in [5, 5.41) is 9.38. The number of nitrogens with one attached hydrogen (secondary N) is 3. The van der Waals surface area contributed by atoms with Gasteiger partial charge >= 0.3 is 22.5 Å². The van der Waals surface area contributed by atoms with Gasteiger partial charge in [-0.3, -0.25) is 13.8 Å². The van der Waals surface area contributed by atoms with Crippen molar-refractivity contribution < 1.29 is 36.6 Å². The maximum Gasteiger partial charge on any atom is 0.481 e. The molecule has 2 fully saturated rings. The molecule has 0 spiro atoms. The molecule has 3 amide bonds. The van der Waals surface area contributed by atoms with Crippen LogP contribution in [-0.2, 0) is 31.8 Å². The Morgan fingerprint density at radius 1 is 1.14 bits per heavy atom. The molecule has 4 atom stereocenters. The lowest BCUT2D eigenvalue weighted by Crippen LogP contribution is -2.36. The van der Waals surface area contributed by atoms with Crippen molar-refractivity contribution in [2.24, 2.45) is 0 Å². The Morgan fingerprint density at radius 3 is 2.59 bits per heavy atom. The Labute approximate surface area is 225 Å². The number of carbonyl (C=O) groups is 2. The highest BCUT2D eigenvalue weighted by molar-refractivity contribution is 8.00. The number of phosphoric ester groups is 1. The van der Waals surface area contributed by atoms with Gasteiger partial charge < -0.3 is 25.0 Å². The molecule has 0 aromatic carbocycles. The van der Waals surface area contributed by atoms with Crippen molar-refractivity contribution in [3.63, 3.8) is 0 Å². The summed E-state index contributed by atoms with van der Waals surface area (Å²) >= 11 is 1.90. The largest absolute Gasteiger partial charge is 0.481 e. The number of thioether (sulfide) groups is 1. The van der Waals surface area contributed by atoms with E-state index in [9.17, 15) is 14.2 Å². The van der Waals surface area contributed by atoms with Crippen molar-refractivity contribution in [1.29, 1.82) is 0 Å². The normalized spacial score (nSPS) is 22.9. The molecule has 0 radical (unpaired) electrons. The van der Waals surface area contributed by atoms with E-state index in [0.29, 0.717) is 18.2 Å². The number of unbranched alkanes of at least 4 members (excludes halogenated alkanes) is 1. The first kappa shape index (κ1) is 32.2. The minimum absolute atomic E-state index is 0.0608. The van der Waals surface area contributed by atoms with Crippen molar-refractivity contribution >= 4 is 40.1 Å². The molecule has 14 heteroatoms. The van der Waals surface area contributed by atoms with E-state index < -0.39 is 16.4 Å². The van der Waals surface area contributed by atoms with E-state index in [1.165, 1.54) is 21.3 Å². The van der Waals surface area contributed by atoms with Crippen LogP contribution in [0, 0.1) is 0 Å². The van der Waals surface area contributed by atoms with E-state index in [1.807, 2.05) is 31.7 Å². The zero-order valence-electron chi connectivity index (χ0n) is 22.3. The van der Waals surface area contributed by atoms with Crippen LogP contribution in [0.25, 0.3) is 0 Å². The van der Waals surface area contributed by atoms with Gasteiger partial charge in [0.05, 0.1) is 18.7 Å². The number of amides is 3. The number of allylic oxidation sites excluding steroid dienone is 2. The zero-order valence-corrected chi connectivity index (χ0v) is 24.9. The number of fused-ring (bicyclic) bond motifs is 1. The summed E-state index contributed by atoms with van der Waals surface area (Å²) in [5.74, 6) is 1.03. The summed E-state index contributed by atoms with van der Waals surface area (Å²) < 4.78 is 37.1. The molecule has 4 unspecified atom stereocenters. The van der Waals surface area contributed by atoms with E-state index >= 15 is 0 Å². The molecule has 2 saturated heterocycles. The number of hydrogen-bond acceptors (Lipinski definition) is 9. The Balaban J connectivity index is 1.55. The van der Waals surface area contributed by atoms with Gasteiger partial charge in [0.2, 0.25) is 5.91 Å². The number of urea groups is 1. The van der Waals surface area contributed by atoms with Crippen LogP contribution in [0.2, 0.25) is 0 Å². The number of carbonyl (C=O) groups excluding carboxylic acids is 2. The van der Waals surface area contributed by atoms with Crippen molar-refractivity contribution in [2.45, 2.75) is 69.7 Å². The van der Waals surface area contributed by atoms with Gasteiger partial charge in [0, 0.05) is 45.3 Å². The lowest BCUT2D eigenvalue weighted by atomic mass is 10.0. The van der Waals surface area contributed by atoms with Gasteiger partial charge in [0.15, 0.2) is 0 Å². The van der Waals surface area contributed by atoms with Gasteiger partial charge in [-0.15, -0.1) is 0 Å². The molecule has 11 nitrogen and oxygen atoms in total. The molecule has 0 bridgehead atoms. The summed E-state index contributed by atoms with van der Waals surface area (Å²) in [4.78, 5) is 23.6. The van der Waals surface area contributed by atoms with E-state index in [-0.39, 0.29) is 30.6 Å². The molecule has 2 aliphatic heterocycles. The Morgan fingerprint density at radius 2 is 1.89 bits per heavy atom. The molecule has 2 heterocycles. The average Bonchev–Trinajstić information content (AvgIpc) is 3.43. The first-order chi connectivity index (χ1) is 17.7. The predicted molar refractivity (Wildman–Crippen MR) is 146 cm³/mol. The van der Waals surface area contributed by atoms with E-state index in [0.717, 1.165) is 49.0 Å². The third-order valence-electron chi connectivity index (χ3n) is 6.05. The van der Waals surface area contributed by atoms with Crippen molar-refractivity contribution in [3.8, 4) is 0 Å². The third kappa shape index (κ3) is 11.8. The maximum absolute atomic E-state index is 12.2. The van der Waals surface area contributed by atoms with Crippen molar-refractivity contribution in [2.75, 3.05) is 40.2 Å². The van der Waals surface area contributed by atoms with Gasteiger partial charge in [-0.2, -0.15) is 11.8 Å². The molecular weight excluding hydrogens is 540 g/mol. The molecule has 0 aromatic rings. The van der Waals surface area contributed by atoms with Crippen LogP contribution < -0.4 is 16.0 Å². The second kappa shape index (κ2) is 16.9. The van der Waals surface area contributed by atoms with E-state index in [2.05, 4.69) is 22.0 Å². The topological polar surface area (TPSA) is 133 Å². The minimum Gasteiger partial charge on any atom is -0.352 e. The molecule has 37 heavy (non-hydrogen) atoms. The standard InChI is InChI=1S/C23H41N3O8P2S/c1-17(13-14-33-35(30-3)34-36(29,31-4)32-5)9-8-10-18(2)15-24-21(27)12-7-6-11-20-22-19(16-37-20)25-23(28)26-22/h10,13,19-20,22H,6-9,11-12,14-16H2,1-5H3,(H,24,27)(H2,25,26,28)/b17-13+,18-10+. The molecule has 3 N–H and O–H groups in total. The Kier molecular flexibility index (Phi) is 14.7. The fourth-order valence-electron chi connectivity index (χ4n) is 3.89. The van der Waals surface area contributed by atoms with Crippen molar-refractivity contribution in [3.05, 3.63) is 23.3 Å². The fraction of sp³-hybridized carbons (Fsp3) is 0.739. The van der Waals surface area contributed by atoms with E-state index in [1.54, 1.807) is 0 Å². The molecule has 2 rings (SSSR count). The SMILES string of the molecule is COP(OC/C=C(\C)CC/C=C(\C)CNC(=O)CCCCC1SCC2NC(=O)NC21)OP(=O)(OC)OC. The third-order valence-corrected chi connectivity index (χ3v) is 10.4. The highest BCUT2D eigenvalue weighted by Crippen LogP contribution is 2.60. The fourth-order valence-corrected chi connectivity index (χ4v) is 7.53. The van der Waals surface area contributed by atoms with Crippen LogP contribution in [0.15, 0.2) is 23.3 Å². The summed E-state index contributed by atoms with van der Waals surface area (Å²) in [5.41, 5.74) is 2.24. The zero-order chi connectivity index (χ0) is 27.3. The smallest absolute Gasteiger partial charge is 0.352 e. The van der Waals surface area contributed by atoms with Crippen molar-refractivity contribution in [1.82, 2.24) is 16.0 Å².